The maximum atomic E-state index is 14.9. The standard InChI is InChI=1S/C26H28F2N6O2/c1-15-6-4-7-16(2)23(15)32-26-24(33-25-18(28)12-17(27)13-34(25)26)22-19(31-11-10-30-3)8-5-9-20(22)36-14-21(29)35/h4-9,12-13,30-32H,10-11,14H2,1-3H3,(H2,29,35). The lowest BCUT2D eigenvalue weighted by atomic mass is 10.1. The Bertz CT molecular complexity index is 1400. The number of anilines is 3. The number of amides is 1. The van der Waals surface area contributed by atoms with Crippen molar-refractivity contribution in [1.82, 2.24) is 14.7 Å². The van der Waals surface area contributed by atoms with E-state index < -0.39 is 17.5 Å². The van der Waals surface area contributed by atoms with Gasteiger partial charge < -0.3 is 26.4 Å². The molecule has 0 radical (unpaired) electrons. The van der Waals surface area contributed by atoms with Gasteiger partial charge in [-0.3, -0.25) is 9.20 Å². The summed E-state index contributed by atoms with van der Waals surface area (Å²) in [6.07, 6.45) is 1.17. The lowest BCUT2D eigenvalue weighted by Gasteiger charge is -2.18. The van der Waals surface area contributed by atoms with E-state index in [9.17, 15) is 13.6 Å². The van der Waals surface area contributed by atoms with Crippen LogP contribution in [-0.4, -0.2) is 42.0 Å². The van der Waals surface area contributed by atoms with Crippen LogP contribution in [0.5, 0.6) is 5.75 Å². The number of likely N-dealkylation sites (N-methyl/N-ethyl adjacent to an activating group) is 1. The van der Waals surface area contributed by atoms with Gasteiger partial charge in [-0.05, 0) is 44.2 Å². The molecule has 0 spiro atoms. The number of hydrogen-bond acceptors (Lipinski definition) is 6. The molecule has 2 aromatic carbocycles. The third kappa shape index (κ3) is 5.08. The van der Waals surface area contributed by atoms with Gasteiger partial charge in [-0.25, -0.2) is 13.8 Å². The first-order chi connectivity index (χ1) is 17.3. The number of primary amides is 1. The van der Waals surface area contributed by atoms with Crippen molar-refractivity contribution in [3.63, 3.8) is 0 Å². The number of ether oxygens (including phenoxy) is 1. The van der Waals surface area contributed by atoms with Crippen LogP contribution < -0.4 is 26.4 Å². The van der Waals surface area contributed by atoms with E-state index >= 15 is 0 Å². The predicted molar refractivity (Wildman–Crippen MR) is 137 cm³/mol. The minimum atomic E-state index is -0.814. The number of carbonyl (C=O) groups excluding carboxylic acids is 1. The summed E-state index contributed by atoms with van der Waals surface area (Å²) >= 11 is 0. The second kappa shape index (κ2) is 10.6. The molecular formula is C26H28F2N6O2. The van der Waals surface area contributed by atoms with E-state index in [4.69, 9.17) is 10.5 Å². The van der Waals surface area contributed by atoms with Crippen molar-refractivity contribution in [2.24, 2.45) is 5.73 Å². The number of nitrogens with zero attached hydrogens (tertiary/aromatic N) is 2. The van der Waals surface area contributed by atoms with Gasteiger partial charge in [0.15, 0.2) is 18.1 Å². The smallest absolute Gasteiger partial charge is 0.255 e. The molecule has 0 fully saturated rings. The fraction of sp³-hybridized carbons (Fsp3) is 0.231. The molecule has 4 aromatic rings. The Morgan fingerprint density at radius 1 is 1.11 bits per heavy atom. The van der Waals surface area contributed by atoms with Crippen molar-refractivity contribution < 1.29 is 18.3 Å². The van der Waals surface area contributed by atoms with Gasteiger partial charge in [-0.15, -0.1) is 0 Å². The molecule has 0 aliphatic carbocycles. The van der Waals surface area contributed by atoms with Crippen LogP contribution in [0.4, 0.5) is 26.0 Å². The summed E-state index contributed by atoms with van der Waals surface area (Å²) in [7, 11) is 1.83. The largest absolute Gasteiger partial charge is 0.483 e. The zero-order chi connectivity index (χ0) is 25.8. The fourth-order valence-electron chi connectivity index (χ4n) is 4.01. The van der Waals surface area contributed by atoms with Gasteiger partial charge in [0, 0.05) is 36.7 Å². The molecule has 2 aromatic heterocycles. The first-order valence-corrected chi connectivity index (χ1v) is 11.4. The molecule has 0 saturated carbocycles. The Morgan fingerprint density at radius 3 is 2.53 bits per heavy atom. The highest BCUT2D eigenvalue weighted by molar-refractivity contribution is 5.91. The third-order valence-electron chi connectivity index (χ3n) is 5.69. The molecule has 0 saturated heterocycles. The minimum Gasteiger partial charge on any atom is -0.483 e. The van der Waals surface area contributed by atoms with Crippen molar-refractivity contribution in [3.8, 4) is 17.0 Å². The summed E-state index contributed by atoms with van der Waals surface area (Å²) in [5.41, 5.74) is 9.35. The Labute approximate surface area is 207 Å². The summed E-state index contributed by atoms with van der Waals surface area (Å²) in [6.45, 7) is 4.76. The van der Waals surface area contributed by atoms with Gasteiger partial charge in [0.2, 0.25) is 0 Å². The fourth-order valence-corrected chi connectivity index (χ4v) is 4.01. The van der Waals surface area contributed by atoms with E-state index in [1.54, 1.807) is 12.1 Å². The maximum absolute atomic E-state index is 14.9. The van der Waals surface area contributed by atoms with Crippen molar-refractivity contribution in [1.29, 1.82) is 0 Å². The molecule has 8 nitrogen and oxygen atoms in total. The number of fused-ring (bicyclic) bond motifs is 1. The number of hydrogen-bond donors (Lipinski definition) is 4. The average Bonchev–Trinajstić information content (AvgIpc) is 3.18. The van der Waals surface area contributed by atoms with Crippen molar-refractivity contribution in [2.75, 3.05) is 37.4 Å². The van der Waals surface area contributed by atoms with Crippen LogP contribution in [0.2, 0.25) is 0 Å². The summed E-state index contributed by atoms with van der Waals surface area (Å²) < 4.78 is 36.3. The number of nitrogens with one attached hydrogen (secondary N) is 3. The van der Waals surface area contributed by atoms with Crippen LogP contribution >= 0.6 is 0 Å². The SMILES string of the molecule is CNCCNc1cccc(OCC(N)=O)c1-c1nc2c(F)cc(F)cn2c1Nc1c(C)cccc1C. The van der Waals surface area contributed by atoms with Gasteiger partial charge in [0.25, 0.3) is 5.91 Å². The molecule has 4 rings (SSSR count). The number of benzene rings is 2. The topological polar surface area (TPSA) is 106 Å². The maximum Gasteiger partial charge on any atom is 0.255 e. The molecule has 0 atom stereocenters. The molecule has 0 bridgehead atoms. The van der Waals surface area contributed by atoms with Gasteiger partial charge in [0.05, 0.1) is 5.56 Å². The number of carbonyl (C=O) groups is 1. The van der Waals surface area contributed by atoms with Crippen LogP contribution in [0.15, 0.2) is 48.7 Å². The zero-order valence-corrected chi connectivity index (χ0v) is 20.3. The second-order valence-corrected chi connectivity index (χ2v) is 8.36. The molecular weight excluding hydrogens is 466 g/mol. The normalized spacial score (nSPS) is 11.0. The minimum absolute atomic E-state index is 0.0639. The lowest BCUT2D eigenvalue weighted by Crippen LogP contribution is -2.21. The summed E-state index contributed by atoms with van der Waals surface area (Å²) in [6, 6.07) is 11.9. The van der Waals surface area contributed by atoms with Crippen LogP contribution in [0.3, 0.4) is 0 Å². The van der Waals surface area contributed by atoms with E-state index in [-0.39, 0.29) is 12.3 Å². The van der Waals surface area contributed by atoms with E-state index in [0.717, 1.165) is 22.9 Å². The van der Waals surface area contributed by atoms with Crippen molar-refractivity contribution in [2.45, 2.75) is 13.8 Å². The van der Waals surface area contributed by atoms with E-state index in [1.165, 1.54) is 10.6 Å². The summed E-state index contributed by atoms with van der Waals surface area (Å²) in [4.78, 5) is 16.0. The monoisotopic (exact) mass is 494 g/mol. The van der Waals surface area contributed by atoms with Crippen LogP contribution in [-0.2, 0) is 4.79 Å². The highest BCUT2D eigenvalue weighted by atomic mass is 19.1. The van der Waals surface area contributed by atoms with Crippen LogP contribution in [0, 0.1) is 25.5 Å². The van der Waals surface area contributed by atoms with Gasteiger partial charge in [-0.1, -0.05) is 24.3 Å². The molecule has 2 heterocycles. The number of nitrogens with two attached hydrogens (primary N) is 1. The van der Waals surface area contributed by atoms with E-state index in [1.807, 2.05) is 45.2 Å². The number of halogens is 2. The Morgan fingerprint density at radius 2 is 1.83 bits per heavy atom. The van der Waals surface area contributed by atoms with E-state index in [0.29, 0.717) is 41.6 Å². The quantitative estimate of drug-likeness (QED) is 0.247. The van der Waals surface area contributed by atoms with E-state index in [2.05, 4.69) is 20.9 Å². The molecule has 1 amide bonds. The molecule has 0 aliphatic rings. The Balaban J connectivity index is 1.98. The van der Waals surface area contributed by atoms with Crippen molar-refractivity contribution in [3.05, 3.63) is 71.4 Å². The van der Waals surface area contributed by atoms with Gasteiger partial charge >= 0.3 is 0 Å². The average molecular weight is 495 g/mol. The number of imidazole rings is 1. The highest BCUT2D eigenvalue weighted by Crippen LogP contribution is 2.42. The van der Waals surface area contributed by atoms with Gasteiger partial charge in [0.1, 0.15) is 23.1 Å². The molecule has 5 N–H and O–H groups in total. The molecule has 36 heavy (non-hydrogen) atoms. The zero-order valence-electron chi connectivity index (χ0n) is 20.3. The number of rotatable bonds is 10. The number of aromatic nitrogens is 2. The number of aryl methyl sites for hydroxylation is 2. The first kappa shape index (κ1) is 24.9. The Hall–Kier alpha value is -4.18. The molecule has 0 unspecified atom stereocenters. The lowest BCUT2D eigenvalue weighted by molar-refractivity contribution is -0.119. The second-order valence-electron chi connectivity index (χ2n) is 8.36. The molecule has 0 aliphatic heterocycles. The molecule has 188 valence electrons. The first-order valence-electron chi connectivity index (χ1n) is 11.4. The van der Waals surface area contributed by atoms with Crippen molar-refractivity contribution >= 4 is 28.7 Å². The van der Waals surface area contributed by atoms with Gasteiger partial charge in [-0.2, -0.15) is 0 Å². The molecule has 10 heteroatoms. The predicted octanol–water partition coefficient (Wildman–Crippen LogP) is 4.14. The number of para-hydroxylation sites is 1. The third-order valence-corrected chi connectivity index (χ3v) is 5.69. The highest BCUT2D eigenvalue weighted by Gasteiger charge is 2.24. The van der Waals surface area contributed by atoms with Crippen LogP contribution in [0.1, 0.15) is 11.1 Å². The van der Waals surface area contributed by atoms with Crippen LogP contribution in [0.25, 0.3) is 16.9 Å². The summed E-state index contributed by atoms with van der Waals surface area (Å²) in [5, 5.41) is 9.74. The Kier molecular flexibility index (Phi) is 7.35. The number of pyridine rings is 1. The summed E-state index contributed by atoms with van der Waals surface area (Å²) in [5.74, 6) is -1.55.